The Bertz CT molecular complexity index is 272. The van der Waals surface area contributed by atoms with Gasteiger partial charge in [-0.15, -0.1) is 6.58 Å². The Morgan fingerprint density at radius 1 is 0.957 bits per heavy atom. The second kappa shape index (κ2) is 17.3. The van der Waals surface area contributed by atoms with Gasteiger partial charge in [-0.05, 0) is 12.8 Å². The van der Waals surface area contributed by atoms with E-state index < -0.39 is 6.16 Å². The van der Waals surface area contributed by atoms with Crippen molar-refractivity contribution >= 4 is 6.16 Å². The molecule has 0 heterocycles. The van der Waals surface area contributed by atoms with Crippen LogP contribution in [-0.2, 0) is 4.74 Å². The van der Waals surface area contributed by atoms with Crippen molar-refractivity contribution in [1.82, 2.24) is 0 Å². The number of carbonyl (C=O) groups excluding carboxylic acids is 1. The molecule has 0 aromatic heterocycles. The summed E-state index contributed by atoms with van der Waals surface area (Å²) in [4.78, 5) is 9.38. The van der Waals surface area contributed by atoms with Crippen LogP contribution in [0.25, 0.3) is 0 Å². The van der Waals surface area contributed by atoms with Crippen LogP contribution in [0.3, 0.4) is 0 Å². The molecule has 138 valence electrons. The van der Waals surface area contributed by atoms with Crippen molar-refractivity contribution < 1.29 is 19.1 Å². The molecule has 0 amide bonds. The molecular weight excluding hydrogens is 290 g/mol. The first-order chi connectivity index (χ1) is 10.8. The molecule has 23 heavy (non-hydrogen) atoms. The molecule has 0 saturated carbocycles. The van der Waals surface area contributed by atoms with Crippen LogP contribution in [0.1, 0.15) is 71.1 Å². The summed E-state index contributed by atoms with van der Waals surface area (Å²) in [5.41, 5.74) is 0. The van der Waals surface area contributed by atoms with E-state index in [9.17, 15) is 9.90 Å². The van der Waals surface area contributed by atoms with E-state index in [2.05, 4.69) is 39.4 Å². The molecule has 4 nitrogen and oxygen atoms in total. The minimum absolute atomic E-state index is 0.00231. The van der Waals surface area contributed by atoms with Crippen molar-refractivity contribution in [3.8, 4) is 0 Å². The highest BCUT2D eigenvalue weighted by atomic mass is 16.7. The van der Waals surface area contributed by atoms with Crippen LogP contribution in [0.2, 0.25) is 0 Å². The standard InChI is InChI=1S/C15H34N.C4H6O3/c1-5-6-7-8-9-10-11-12-13-14-15-16(2,3)4;1-2-3-7-4(5)6/h5-15H2,1-4H3;2H,1,3H2,(H,5,6)/q+1;/p-1. The zero-order valence-corrected chi connectivity index (χ0v) is 15.9. The number of carbonyl (C=O) groups is 1. The molecule has 0 aliphatic carbocycles. The van der Waals surface area contributed by atoms with Gasteiger partial charge in [0.05, 0.1) is 27.7 Å². The van der Waals surface area contributed by atoms with Gasteiger partial charge in [-0.1, -0.05) is 64.4 Å². The van der Waals surface area contributed by atoms with Gasteiger partial charge >= 0.3 is 0 Å². The number of carboxylic acid groups (broad SMARTS) is 1. The first-order valence-electron chi connectivity index (χ1n) is 9.08. The lowest BCUT2D eigenvalue weighted by atomic mass is 10.1. The molecule has 0 spiro atoms. The maximum atomic E-state index is 9.38. The van der Waals surface area contributed by atoms with Crippen molar-refractivity contribution in [1.29, 1.82) is 0 Å². The topological polar surface area (TPSA) is 49.4 Å². The van der Waals surface area contributed by atoms with Gasteiger partial charge in [0.15, 0.2) is 0 Å². The third-order valence-corrected chi connectivity index (χ3v) is 3.50. The Kier molecular flexibility index (Phi) is 18.2. The minimum Gasteiger partial charge on any atom is -0.546 e. The van der Waals surface area contributed by atoms with Crippen LogP contribution in [0.4, 0.5) is 4.79 Å². The quantitative estimate of drug-likeness (QED) is 0.221. The third-order valence-electron chi connectivity index (χ3n) is 3.50. The average Bonchev–Trinajstić information content (AvgIpc) is 2.46. The van der Waals surface area contributed by atoms with Gasteiger partial charge in [0.2, 0.25) is 0 Å². The molecule has 0 bridgehead atoms. The van der Waals surface area contributed by atoms with Crippen LogP contribution in [0.15, 0.2) is 12.7 Å². The lowest BCUT2D eigenvalue weighted by molar-refractivity contribution is -0.870. The van der Waals surface area contributed by atoms with Crippen LogP contribution in [0.5, 0.6) is 0 Å². The van der Waals surface area contributed by atoms with Crippen molar-refractivity contribution in [3.05, 3.63) is 12.7 Å². The summed E-state index contributed by atoms with van der Waals surface area (Å²) in [7, 11) is 6.86. The fraction of sp³-hybridized carbons (Fsp3) is 0.842. The Balaban J connectivity index is 0. The Morgan fingerprint density at radius 3 is 1.70 bits per heavy atom. The van der Waals surface area contributed by atoms with E-state index in [1.54, 1.807) is 0 Å². The predicted molar refractivity (Wildman–Crippen MR) is 96.3 cm³/mol. The normalized spacial score (nSPS) is 10.6. The van der Waals surface area contributed by atoms with E-state index in [1.165, 1.54) is 76.8 Å². The highest BCUT2D eigenvalue weighted by Gasteiger charge is 2.04. The van der Waals surface area contributed by atoms with Crippen LogP contribution >= 0.6 is 0 Å². The monoisotopic (exact) mass is 329 g/mol. The van der Waals surface area contributed by atoms with Crippen LogP contribution in [0, 0.1) is 0 Å². The molecule has 0 unspecified atom stereocenters. The van der Waals surface area contributed by atoms with E-state index in [4.69, 9.17) is 0 Å². The zero-order chi connectivity index (χ0) is 18.0. The van der Waals surface area contributed by atoms with Crippen molar-refractivity contribution in [2.24, 2.45) is 0 Å². The number of unbranched alkanes of at least 4 members (excludes halogenated alkanes) is 9. The zero-order valence-electron chi connectivity index (χ0n) is 15.9. The molecular formula is C19H39NO3. The Morgan fingerprint density at radius 2 is 1.39 bits per heavy atom. The van der Waals surface area contributed by atoms with E-state index in [0.717, 1.165) is 4.48 Å². The number of hydrogen-bond acceptors (Lipinski definition) is 3. The first kappa shape index (κ1) is 24.2. The van der Waals surface area contributed by atoms with Crippen LogP contribution < -0.4 is 5.11 Å². The SMILES string of the molecule is C=CCOC(=O)[O-].CCCCCCCCCCCC[N+](C)(C)C. The molecule has 0 atom stereocenters. The van der Waals surface area contributed by atoms with E-state index in [0.29, 0.717) is 0 Å². The fourth-order valence-corrected chi connectivity index (χ4v) is 2.20. The van der Waals surface area contributed by atoms with Crippen molar-refractivity contribution in [2.75, 3.05) is 34.3 Å². The highest BCUT2D eigenvalue weighted by Crippen LogP contribution is 2.10. The molecule has 0 saturated heterocycles. The van der Waals surface area contributed by atoms with Gasteiger partial charge < -0.3 is 19.1 Å². The van der Waals surface area contributed by atoms with E-state index in [-0.39, 0.29) is 6.61 Å². The molecule has 0 fully saturated rings. The molecule has 4 heteroatoms. The van der Waals surface area contributed by atoms with E-state index >= 15 is 0 Å². The average molecular weight is 330 g/mol. The number of ether oxygens (including phenoxy) is 1. The molecule has 0 aliphatic heterocycles. The van der Waals surface area contributed by atoms with Crippen LogP contribution in [-0.4, -0.2) is 44.9 Å². The number of hydrogen-bond donors (Lipinski definition) is 0. The first-order valence-corrected chi connectivity index (χ1v) is 9.08. The summed E-state index contributed by atoms with van der Waals surface area (Å²) in [6.45, 7) is 6.83. The second-order valence-electron chi connectivity index (χ2n) is 7.05. The summed E-state index contributed by atoms with van der Waals surface area (Å²) in [6, 6.07) is 0. The summed E-state index contributed by atoms with van der Waals surface area (Å²) < 4.78 is 5.00. The maximum absolute atomic E-state index is 9.38. The minimum atomic E-state index is -1.51. The predicted octanol–water partition coefficient (Wildman–Crippen LogP) is 4.15. The summed E-state index contributed by atoms with van der Waals surface area (Å²) >= 11 is 0. The number of nitrogens with zero attached hydrogens (tertiary/aromatic N) is 1. The van der Waals surface area contributed by atoms with Gasteiger partial charge in [0.1, 0.15) is 0 Å². The molecule has 0 rings (SSSR count). The van der Waals surface area contributed by atoms with Gasteiger partial charge in [0, 0.05) is 6.61 Å². The number of quaternary nitrogens is 1. The third kappa shape index (κ3) is 29.6. The van der Waals surface area contributed by atoms with Gasteiger partial charge in [-0.2, -0.15) is 0 Å². The lowest BCUT2D eigenvalue weighted by Crippen LogP contribution is -2.35. The molecule has 0 radical (unpaired) electrons. The van der Waals surface area contributed by atoms with Gasteiger partial charge in [-0.3, -0.25) is 0 Å². The Labute approximate surface area is 144 Å². The number of rotatable bonds is 13. The van der Waals surface area contributed by atoms with Crippen molar-refractivity contribution in [3.63, 3.8) is 0 Å². The lowest BCUT2D eigenvalue weighted by Gasteiger charge is -2.23. The molecule has 0 N–H and O–H groups in total. The summed E-state index contributed by atoms with van der Waals surface area (Å²) in [5.74, 6) is 0. The smallest absolute Gasteiger partial charge is 0.252 e. The van der Waals surface area contributed by atoms with E-state index in [1.807, 2.05) is 0 Å². The molecule has 0 aromatic rings. The molecule has 0 aromatic carbocycles. The van der Waals surface area contributed by atoms with Gasteiger partial charge in [0.25, 0.3) is 6.16 Å². The van der Waals surface area contributed by atoms with Gasteiger partial charge in [-0.25, -0.2) is 0 Å². The largest absolute Gasteiger partial charge is 0.546 e. The van der Waals surface area contributed by atoms with Crippen molar-refractivity contribution in [2.45, 2.75) is 71.1 Å². The summed E-state index contributed by atoms with van der Waals surface area (Å²) in [5, 5.41) is 9.38. The maximum Gasteiger partial charge on any atom is 0.252 e. The highest BCUT2D eigenvalue weighted by molar-refractivity contribution is 5.54. The Hall–Kier alpha value is -1.03. The fourth-order valence-electron chi connectivity index (χ4n) is 2.20. The second-order valence-corrected chi connectivity index (χ2v) is 7.05. The molecule has 0 aliphatic rings. The summed E-state index contributed by atoms with van der Waals surface area (Å²) in [6.07, 6.45) is 14.2.